The van der Waals surface area contributed by atoms with Gasteiger partial charge in [-0.1, -0.05) is 48.2 Å². The number of rotatable bonds is 4. The van der Waals surface area contributed by atoms with E-state index in [1.807, 2.05) is 60.1 Å². The lowest BCUT2D eigenvalue weighted by atomic mass is 10.0. The van der Waals surface area contributed by atoms with Gasteiger partial charge < -0.3 is 15.5 Å². The Hall–Kier alpha value is -3.00. The molecule has 0 saturated heterocycles. The largest absolute Gasteiger partial charge is 0.497 e. The van der Waals surface area contributed by atoms with Crippen molar-refractivity contribution in [2.24, 2.45) is 0 Å². The zero-order valence-corrected chi connectivity index (χ0v) is 15.7. The molecule has 7 nitrogen and oxygen atoms in total. The lowest BCUT2D eigenvalue weighted by Gasteiger charge is -2.32. The molecule has 0 saturated carbocycles. The summed E-state index contributed by atoms with van der Waals surface area (Å²) in [6, 6.07) is 17.0. The van der Waals surface area contributed by atoms with Crippen molar-refractivity contribution >= 4 is 23.4 Å². The van der Waals surface area contributed by atoms with Crippen LogP contribution >= 0.6 is 11.8 Å². The fraction of sp³-hybridized carbons (Fsp3) is 0.211. The van der Waals surface area contributed by atoms with Crippen LogP contribution < -0.4 is 15.5 Å². The van der Waals surface area contributed by atoms with Crippen molar-refractivity contribution in [3.63, 3.8) is 0 Å². The number of anilines is 1. The Bertz CT molecular complexity index is 960. The molecular formula is C19H19N5O2S. The minimum absolute atomic E-state index is 0.110. The fourth-order valence-electron chi connectivity index (χ4n) is 2.99. The standard InChI is InChI=1S/C19H19N5O2S/c1-12-21-22-19-24(12)23-16(13-7-4-3-5-8-13)17(27-19)18(25)20-14-9-6-10-15(11-14)26-2/h3-11,16-17,23H,1-2H3,(H,20,25)/t16-,17-/m0/s1. The number of nitrogens with zero attached hydrogens (tertiary/aromatic N) is 3. The van der Waals surface area contributed by atoms with Gasteiger partial charge in [0.05, 0.1) is 13.2 Å². The van der Waals surface area contributed by atoms with Crippen molar-refractivity contribution in [2.45, 2.75) is 23.4 Å². The fourth-order valence-corrected chi connectivity index (χ4v) is 4.11. The predicted molar refractivity (Wildman–Crippen MR) is 105 cm³/mol. The molecular weight excluding hydrogens is 362 g/mol. The second kappa shape index (κ2) is 7.32. The number of carbonyl (C=O) groups excluding carboxylic acids is 1. The Morgan fingerprint density at radius 1 is 1.19 bits per heavy atom. The molecule has 0 aliphatic carbocycles. The highest BCUT2D eigenvalue weighted by atomic mass is 32.2. The molecule has 27 heavy (non-hydrogen) atoms. The number of nitrogens with one attached hydrogen (secondary N) is 2. The van der Waals surface area contributed by atoms with Crippen molar-refractivity contribution in [3.8, 4) is 5.75 Å². The molecule has 0 radical (unpaired) electrons. The quantitative estimate of drug-likeness (QED) is 0.723. The van der Waals surface area contributed by atoms with E-state index in [0.717, 1.165) is 11.4 Å². The van der Waals surface area contributed by atoms with Crippen molar-refractivity contribution in [1.82, 2.24) is 14.9 Å². The van der Waals surface area contributed by atoms with Crippen LogP contribution in [0.3, 0.4) is 0 Å². The summed E-state index contributed by atoms with van der Waals surface area (Å²) in [5.74, 6) is 1.34. The van der Waals surface area contributed by atoms with Crippen molar-refractivity contribution < 1.29 is 9.53 Å². The number of amides is 1. The average Bonchev–Trinajstić information content (AvgIpc) is 3.08. The van der Waals surface area contributed by atoms with E-state index in [0.29, 0.717) is 16.6 Å². The summed E-state index contributed by atoms with van der Waals surface area (Å²) in [5, 5.41) is 11.5. The van der Waals surface area contributed by atoms with E-state index in [2.05, 4.69) is 20.9 Å². The molecule has 1 aliphatic heterocycles. The van der Waals surface area contributed by atoms with Gasteiger partial charge in [0.1, 0.15) is 16.8 Å². The zero-order chi connectivity index (χ0) is 18.8. The normalized spacial score (nSPS) is 18.3. The van der Waals surface area contributed by atoms with E-state index in [4.69, 9.17) is 4.74 Å². The van der Waals surface area contributed by atoms with Crippen LogP contribution in [0.2, 0.25) is 0 Å². The summed E-state index contributed by atoms with van der Waals surface area (Å²) in [5.41, 5.74) is 5.10. The number of carbonyl (C=O) groups is 1. The summed E-state index contributed by atoms with van der Waals surface area (Å²) < 4.78 is 7.06. The second-order valence-electron chi connectivity index (χ2n) is 6.14. The summed E-state index contributed by atoms with van der Waals surface area (Å²) >= 11 is 1.40. The predicted octanol–water partition coefficient (Wildman–Crippen LogP) is 2.99. The number of ether oxygens (including phenoxy) is 1. The van der Waals surface area contributed by atoms with Crippen molar-refractivity contribution in [2.75, 3.05) is 17.9 Å². The molecule has 0 fully saturated rings. The van der Waals surface area contributed by atoms with Crippen LogP contribution in [0.5, 0.6) is 5.75 Å². The third-order valence-corrected chi connectivity index (χ3v) is 5.57. The smallest absolute Gasteiger partial charge is 0.240 e. The van der Waals surface area contributed by atoms with Crippen LogP contribution in [-0.4, -0.2) is 33.1 Å². The number of methoxy groups -OCH3 is 1. The van der Waals surface area contributed by atoms with E-state index in [-0.39, 0.29) is 11.9 Å². The third-order valence-electron chi connectivity index (χ3n) is 4.35. The molecule has 2 atom stereocenters. The van der Waals surface area contributed by atoms with Gasteiger partial charge in [-0.2, -0.15) is 0 Å². The van der Waals surface area contributed by atoms with E-state index < -0.39 is 5.25 Å². The zero-order valence-electron chi connectivity index (χ0n) is 14.9. The summed E-state index contributed by atoms with van der Waals surface area (Å²) in [6.45, 7) is 1.88. The number of thioether (sulfide) groups is 1. The second-order valence-corrected chi connectivity index (χ2v) is 7.25. The molecule has 1 aliphatic rings. The Morgan fingerprint density at radius 2 is 2.00 bits per heavy atom. The molecule has 1 aromatic heterocycles. The van der Waals surface area contributed by atoms with Gasteiger partial charge >= 0.3 is 0 Å². The molecule has 1 amide bonds. The first kappa shape index (κ1) is 17.4. The number of aryl methyl sites for hydroxylation is 1. The number of aromatic nitrogens is 3. The Kier molecular flexibility index (Phi) is 4.72. The summed E-state index contributed by atoms with van der Waals surface area (Å²) in [7, 11) is 1.60. The van der Waals surface area contributed by atoms with Crippen LogP contribution in [0.1, 0.15) is 17.4 Å². The van der Waals surface area contributed by atoms with Crippen LogP contribution in [0.4, 0.5) is 5.69 Å². The maximum absolute atomic E-state index is 13.1. The maximum Gasteiger partial charge on any atom is 0.240 e. The number of hydrogen-bond donors (Lipinski definition) is 2. The Morgan fingerprint density at radius 3 is 2.78 bits per heavy atom. The van der Waals surface area contributed by atoms with Gasteiger partial charge in [0, 0.05) is 11.8 Å². The number of benzene rings is 2. The molecule has 2 N–H and O–H groups in total. The van der Waals surface area contributed by atoms with E-state index in [1.165, 1.54) is 11.8 Å². The van der Waals surface area contributed by atoms with Gasteiger partial charge in [-0.25, -0.2) is 4.68 Å². The first-order valence-corrected chi connectivity index (χ1v) is 9.39. The SMILES string of the molecule is COc1cccc(NC(=O)[C@H]2Sc3nnc(C)n3N[C@H]2c2ccccc2)c1. The molecule has 0 bridgehead atoms. The Balaban J connectivity index is 1.64. The van der Waals surface area contributed by atoms with E-state index >= 15 is 0 Å². The first-order chi connectivity index (χ1) is 13.2. The lowest BCUT2D eigenvalue weighted by Crippen LogP contribution is -2.41. The molecule has 0 unspecified atom stereocenters. The van der Waals surface area contributed by atoms with Crippen LogP contribution in [-0.2, 0) is 4.79 Å². The minimum Gasteiger partial charge on any atom is -0.497 e. The lowest BCUT2D eigenvalue weighted by molar-refractivity contribution is -0.116. The van der Waals surface area contributed by atoms with Crippen LogP contribution in [0, 0.1) is 6.92 Å². The van der Waals surface area contributed by atoms with Crippen LogP contribution in [0.25, 0.3) is 0 Å². The van der Waals surface area contributed by atoms with Crippen LogP contribution in [0.15, 0.2) is 59.8 Å². The summed E-state index contributed by atoms with van der Waals surface area (Å²) in [4.78, 5) is 13.1. The topological polar surface area (TPSA) is 81.1 Å². The van der Waals surface area contributed by atoms with Gasteiger partial charge in [-0.15, -0.1) is 10.2 Å². The maximum atomic E-state index is 13.1. The first-order valence-electron chi connectivity index (χ1n) is 8.51. The number of hydrogen-bond acceptors (Lipinski definition) is 6. The van der Waals surface area contributed by atoms with Gasteiger partial charge in [-0.05, 0) is 24.6 Å². The van der Waals surface area contributed by atoms with Gasteiger partial charge in [0.25, 0.3) is 0 Å². The monoisotopic (exact) mass is 381 g/mol. The van der Waals surface area contributed by atoms with Gasteiger partial charge in [0.2, 0.25) is 11.1 Å². The number of fused-ring (bicyclic) bond motifs is 1. The van der Waals surface area contributed by atoms with Gasteiger partial charge in [-0.3, -0.25) is 4.79 Å². The minimum atomic E-state index is -0.408. The molecule has 2 heterocycles. The van der Waals surface area contributed by atoms with Crippen molar-refractivity contribution in [1.29, 1.82) is 0 Å². The highest BCUT2D eigenvalue weighted by molar-refractivity contribution is 8.00. The third kappa shape index (κ3) is 3.48. The molecule has 138 valence electrons. The summed E-state index contributed by atoms with van der Waals surface area (Å²) in [6.07, 6.45) is 0. The van der Waals surface area contributed by atoms with E-state index in [1.54, 1.807) is 13.2 Å². The average molecular weight is 381 g/mol. The van der Waals surface area contributed by atoms with Gasteiger partial charge in [0.15, 0.2) is 0 Å². The highest BCUT2D eigenvalue weighted by Gasteiger charge is 2.37. The molecule has 4 rings (SSSR count). The Labute approximate surface area is 161 Å². The molecule has 8 heteroatoms. The molecule has 0 spiro atoms. The van der Waals surface area contributed by atoms with Crippen molar-refractivity contribution in [3.05, 3.63) is 66.0 Å². The highest BCUT2D eigenvalue weighted by Crippen LogP contribution is 2.37. The molecule has 2 aromatic carbocycles. The molecule has 3 aromatic rings. The van der Waals surface area contributed by atoms with E-state index in [9.17, 15) is 4.79 Å².